The van der Waals surface area contributed by atoms with Gasteiger partial charge in [0, 0.05) is 19.2 Å². The zero-order valence-electron chi connectivity index (χ0n) is 13.2. The van der Waals surface area contributed by atoms with Crippen molar-refractivity contribution in [2.24, 2.45) is 5.92 Å². The maximum absolute atomic E-state index is 12.8. The van der Waals surface area contributed by atoms with Crippen LogP contribution in [-0.2, 0) is 16.1 Å². The molecule has 1 N–H and O–H groups in total. The Morgan fingerprint density at radius 3 is 2.50 bits per heavy atom. The Morgan fingerprint density at radius 2 is 1.82 bits per heavy atom. The lowest BCUT2D eigenvalue weighted by molar-refractivity contribution is -0.139. The molecule has 1 saturated carbocycles. The Kier molecular flexibility index (Phi) is 4.46. The Balaban J connectivity index is 1.93. The number of nitrogens with zero attached hydrogens (tertiary/aromatic N) is 1. The average molecular weight is 300 g/mol. The van der Waals surface area contributed by atoms with Crippen molar-refractivity contribution in [3.63, 3.8) is 0 Å². The Hall–Kier alpha value is -1.84. The zero-order valence-corrected chi connectivity index (χ0v) is 13.2. The van der Waals surface area contributed by atoms with Crippen molar-refractivity contribution >= 4 is 17.5 Å². The molecule has 4 heteroatoms. The normalized spacial score (nSPS) is 23.2. The monoisotopic (exact) mass is 300 g/mol. The van der Waals surface area contributed by atoms with Crippen LogP contribution in [0.3, 0.4) is 0 Å². The predicted molar refractivity (Wildman–Crippen MR) is 86.3 cm³/mol. The molecule has 1 fully saturated rings. The van der Waals surface area contributed by atoms with E-state index in [-0.39, 0.29) is 23.8 Å². The number of para-hydroxylation sites is 1. The summed E-state index contributed by atoms with van der Waals surface area (Å²) in [7, 11) is 0. The van der Waals surface area contributed by atoms with Crippen molar-refractivity contribution in [3.8, 4) is 0 Å². The van der Waals surface area contributed by atoms with E-state index in [1.807, 2.05) is 24.3 Å². The highest BCUT2D eigenvalue weighted by atomic mass is 16.2. The van der Waals surface area contributed by atoms with Gasteiger partial charge in [-0.3, -0.25) is 9.59 Å². The van der Waals surface area contributed by atoms with E-state index in [9.17, 15) is 9.59 Å². The first kappa shape index (κ1) is 15.1. The van der Waals surface area contributed by atoms with Crippen molar-refractivity contribution in [2.45, 2.75) is 58.0 Å². The zero-order chi connectivity index (χ0) is 15.5. The average Bonchev–Trinajstić information content (AvgIpc) is 2.83. The van der Waals surface area contributed by atoms with Crippen molar-refractivity contribution in [1.82, 2.24) is 4.90 Å². The lowest BCUT2D eigenvalue weighted by Gasteiger charge is -2.33. The number of nitrogens with one attached hydrogen (secondary N) is 1. The molecule has 118 valence electrons. The standard InChI is InChI=1S/C18H24N2O2/c1-13(21)20-12-15-10-6-7-11-16(15)19-18(22)17(20)14-8-4-2-3-5-9-14/h6-7,10-11,14,17H,2-5,8-9,12H2,1H3,(H,19,22)/t17-/m0/s1. The maximum atomic E-state index is 12.8. The van der Waals surface area contributed by atoms with Crippen LogP contribution in [0.2, 0.25) is 0 Å². The first-order chi connectivity index (χ1) is 10.7. The largest absolute Gasteiger partial charge is 0.326 e. The molecule has 1 aromatic carbocycles. The predicted octanol–water partition coefficient (Wildman–Crippen LogP) is 3.33. The Bertz CT molecular complexity index is 562. The van der Waals surface area contributed by atoms with E-state index in [2.05, 4.69) is 5.32 Å². The third-order valence-corrected chi connectivity index (χ3v) is 4.97. The molecule has 1 atom stereocenters. The third-order valence-electron chi connectivity index (χ3n) is 4.97. The van der Waals surface area contributed by atoms with Crippen LogP contribution in [0.15, 0.2) is 24.3 Å². The number of hydrogen-bond acceptors (Lipinski definition) is 2. The summed E-state index contributed by atoms with van der Waals surface area (Å²) in [6.45, 7) is 2.09. The number of anilines is 1. The van der Waals surface area contributed by atoms with Crippen LogP contribution in [0, 0.1) is 5.92 Å². The van der Waals surface area contributed by atoms with E-state index in [0.717, 1.165) is 36.9 Å². The van der Waals surface area contributed by atoms with E-state index in [4.69, 9.17) is 0 Å². The number of carbonyl (C=O) groups is 2. The highest BCUT2D eigenvalue weighted by Crippen LogP contribution is 2.32. The van der Waals surface area contributed by atoms with E-state index in [1.165, 1.54) is 12.8 Å². The molecule has 1 heterocycles. The number of benzene rings is 1. The molecular weight excluding hydrogens is 276 g/mol. The summed E-state index contributed by atoms with van der Waals surface area (Å²) >= 11 is 0. The number of fused-ring (bicyclic) bond motifs is 1. The molecule has 0 aromatic heterocycles. The topological polar surface area (TPSA) is 49.4 Å². The van der Waals surface area contributed by atoms with E-state index in [0.29, 0.717) is 6.54 Å². The van der Waals surface area contributed by atoms with Crippen molar-refractivity contribution in [1.29, 1.82) is 0 Å². The van der Waals surface area contributed by atoms with E-state index >= 15 is 0 Å². The molecule has 0 spiro atoms. The minimum absolute atomic E-state index is 0.0129. The molecule has 1 aliphatic carbocycles. The number of carbonyl (C=O) groups excluding carboxylic acids is 2. The van der Waals surface area contributed by atoms with Gasteiger partial charge in [0.25, 0.3) is 0 Å². The summed E-state index contributed by atoms with van der Waals surface area (Å²) in [6, 6.07) is 7.45. The van der Waals surface area contributed by atoms with Gasteiger partial charge < -0.3 is 10.2 Å². The van der Waals surface area contributed by atoms with E-state index < -0.39 is 0 Å². The minimum Gasteiger partial charge on any atom is -0.326 e. The van der Waals surface area contributed by atoms with Gasteiger partial charge in [0.05, 0.1) is 0 Å². The number of rotatable bonds is 1. The Morgan fingerprint density at radius 1 is 1.14 bits per heavy atom. The quantitative estimate of drug-likeness (QED) is 0.809. The summed E-state index contributed by atoms with van der Waals surface area (Å²) < 4.78 is 0. The number of hydrogen-bond donors (Lipinski definition) is 1. The van der Waals surface area contributed by atoms with Crippen molar-refractivity contribution in [2.75, 3.05) is 5.32 Å². The second-order valence-corrected chi connectivity index (χ2v) is 6.49. The SMILES string of the molecule is CC(=O)N1Cc2ccccc2NC(=O)[C@@H]1C1CCCCCC1. The summed E-state index contributed by atoms with van der Waals surface area (Å²) in [4.78, 5) is 26.8. The van der Waals surface area contributed by atoms with Gasteiger partial charge in [-0.25, -0.2) is 0 Å². The van der Waals surface area contributed by atoms with Gasteiger partial charge in [-0.05, 0) is 30.4 Å². The van der Waals surface area contributed by atoms with Gasteiger partial charge in [0.2, 0.25) is 11.8 Å². The first-order valence-corrected chi connectivity index (χ1v) is 8.33. The maximum Gasteiger partial charge on any atom is 0.247 e. The Labute approximate surface area is 131 Å². The third kappa shape index (κ3) is 3.01. The van der Waals surface area contributed by atoms with Gasteiger partial charge in [-0.2, -0.15) is 0 Å². The molecule has 1 aliphatic heterocycles. The first-order valence-electron chi connectivity index (χ1n) is 8.33. The van der Waals surface area contributed by atoms with Gasteiger partial charge in [-0.1, -0.05) is 43.9 Å². The fourth-order valence-electron chi connectivity index (χ4n) is 3.81. The lowest BCUT2D eigenvalue weighted by atomic mass is 9.90. The van der Waals surface area contributed by atoms with Crippen LogP contribution in [-0.4, -0.2) is 22.8 Å². The highest BCUT2D eigenvalue weighted by Gasteiger charge is 2.37. The second kappa shape index (κ2) is 6.51. The van der Waals surface area contributed by atoms with Crippen LogP contribution >= 0.6 is 0 Å². The minimum atomic E-state index is -0.331. The molecule has 0 unspecified atom stereocenters. The lowest BCUT2D eigenvalue weighted by Crippen LogP contribution is -2.48. The van der Waals surface area contributed by atoms with E-state index in [1.54, 1.807) is 11.8 Å². The van der Waals surface area contributed by atoms with Crippen LogP contribution < -0.4 is 5.32 Å². The van der Waals surface area contributed by atoms with Gasteiger partial charge >= 0.3 is 0 Å². The van der Waals surface area contributed by atoms with Crippen LogP contribution in [0.5, 0.6) is 0 Å². The second-order valence-electron chi connectivity index (χ2n) is 6.49. The molecule has 3 rings (SSSR count). The highest BCUT2D eigenvalue weighted by molar-refractivity contribution is 5.98. The molecule has 2 amide bonds. The van der Waals surface area contributed by atoms with Crippen molar-refractivity contribution in [3.05, 3.63) is 29.8 Å². The molecule has 2 aliphatic rings. The van der Waals surface area contributed by atoms with Gasteiger partial charge in [0.1, 0.15) is 6.04 Å². The molecule has 0 saturated heterocycles. The summed E-state index contributed by atoms with van der Waals surface area (Å²) in [5.74, 6) is 0.244. The molecular formula is C18H24N2O2. The fraction of sp³-hybridized carbons (Fsp3) is 0.556. The van der Waals surface area contributed by atoms with Crippen LogP contribution in [0.4, 0.5) is 5.69 Å². The van der Waals surface area contributed by atoms with Crippen molar-refractivity contribution < 1.29 is 9.59 Å². The van der Waals surface area contributed by atoms with Crippen LogP contribution in [0.1, 0.15) is 51.0 Å². The summed E-state index contributed by atoms with van der Waals surface area (Å²) in [5.41, 5.74) is 1.86. The molecule has 1 aromatic rings. The molecule has 4 nitrogen and oxygen atoms in total. The molecule has 0 bridgehead atoms. The molecule has 22 heavy (non-hydrogen) atoms. The summed E-state index contributed by atoms with van der Waals surface area (Å²) in [5, 5.41) is 3.04. The van der Waals surface area contributed by atoms with Gasteiger partial charge in [-0.15, -0.1) is 0 Å². The number of amides is 2. The smallest absolute Gasteiger partial charge is 0.247 e. The fourth-order valence-corrected chi connectivity index (χ4v) is 3.81. The van der Waals surface area contributed by atoms with Crippen LogP contribution in [0.25, 0.3) is 0 Å². The van der Waals surface area contributed by atoms with Gasteiger partial charge in [0.15, 0.2) is 0 Å². The molecule has 0 radical (unpaired) electrons. The summed E-state index contributed by atoms with van der Waals surface area (Å²) in [6.07, 6.45) is 6.88.